The standard InChI is InChI=1S/C14H9F3N2/c15-14(16,17)11-6-7-12-8-13(18-19(12)9-11)10-4-2-1-3-5-10/h1-9H. The van der Waals surface area contributed by atoms with Gasteiger partial charge in [0.05, 0.1) is 16.8 Å². The van der Waals surface area contributed by atoms with E-state index in [1.807, 2.05) is 30.3 Å². The molecule has 0 saturated heterocycles. The van der Waals surface area contributed by atoms with Gasteiger partial charge in [-0.25, -0.2) is 4.52 Å². The summed E-state index contributed by atoms with van der Waals surface area (Å²) in [4.78, 5) is 0. The quantitative estimate of drug-likeness (QED) is 0.647. The molecule has 0 aliphatic rings. The molecule has 96 valence electrons. The van der Waals surface area contributed by atoms with Gasteiger partial charge in [0.25, 0.3) is 0 Å². The number of alkyl halides is 3. The monoisotopic (exact) mass is 262 g/mol. The number of hydrogen-bond acceptors (Lipinski definition) is 1. The van der Waals surface area contributed by atoms with Crippen molar-refractivity contribution in [3.8, 4) is 11.3 Å². The predicted octanol–water partition coefficient (Wildman–Crippen LogP) is 4.02. The van der Waals surface area contributed by atoms with E-state index in [1.54, 1.807) is 6.07 Å². The molecule has 0 N–H and O–H groups in total. The third kappa shape index (κ3) is 2.19. The SMILES string of the molecule is FC(F)(F)c1ccc2cc(-c3ccccc3)nn2c1. The summed E-state index contributed by atoms with van der Waals surface area (Å²) in [6, 6.07) is 13.6. The number of fused-ring (bicyclic) bond motifs is 1. The van der Waals surface area contributed by atoms with Crippen molar-refractivity contribution in [2.75, 3.05) is 0 Å². The summed E-state index contributed by atoms with van der Waals surface area (Å²) in [5, 5.41) is 4.17. The summed E-state index contributed by atoms with van der Waals surface area (Å²) in [6.07, 6.45) is -3.35. The van der Waals surface area contributed by atoms with Crippen molar-refractivity contribution < 1.29 is 13.2 Å². The number of rotatable bonds is 1. The molecule has 2 aromatic heterocycles. The molecule has 3 rings (SSSR count). The second kappa shape index (κ2) is 4.12. The van der Waals surface area contributed by atoms with Gasteiger partial charge in [-0.1, -0.05) is 30.3 Å². The number of pyridine rings is 1. The Morgan fingerprint density at radius 2 is 1.68 bits per heavy atom. The molecule has 1 aromatic carbocycles. The molecular weight excluding hydrogens is 253 g/mol. The molecule has 0 atom stereocenters. The van der Waals surface area contributed by atoms with Crippen molar-refractivity contribution in [1.82, 2.24) is 9.61 Å². The first kappa shape index (κ1) is 11.8. The lowest BCUT2D eigenvalue weighted by atomic mass is 10.1. The molecule has 0 unspecified atom stereocenters. The van der Waals surface area contributed by atoms with Crippen LogP contribution in [0.4, 0.5) is 13.2 Å². The minimum Gasteiger partial charge on any atom is -0.240 e. The highest BCUT2D eigenvalue weighted by Gasteiger charge is 2.30. The van der Waals surface area contributed by atoms with E-state index in [9.17, 15) is 13.2 Å². The van der Waals surface area contributed by atoms with Gasteiger partial charge in [-0.2, -0.15) is 18.3 Å². The first-order valence-corrected chi connectivity index (χ1v) is 5.66. The highest BCUT2D eigenvalue weighted by Crippen LogP contribution is 2.29. The van der Waals surface area contributed by atoms with Gasteiger partial charge < -0.3 is 0 Å². The van der Waals surface area contributed by atoms with Crippen LogP contribution in [0, 0.1) is 0 Å². The highest BCUT2D eigenvalue weighted by molar-refractivity contribution is 5.65. The van der Waals surface area contributed by atoms with Crippen LogP contribution >= 0.6 is 0 Å². The first-order chi connectivity index (χ1) is 9.04. The summed E-state index contributed by atoms with van der Waals surface area (Å²) in [5.74, 6) is 0. The normalized spacial score (nSPS) is 11.9. The summed E-state index contributed by atoms with van der Waals surface area (Å²) >= 11 is 0. The zero-order valence-electron chi connectivity index (χ0n) is 9.72. The molecule has 5 heteroatoms. The van der Waals surface area contributed by atoms with E-state index in [0.29, 0.717) is 11.2 Å². The molecule has 0 amide bonds. The minimum absolute atomic E-state index is 0.631. The highest BCUT2D eigenvalue weighted by atomic mass is 19.4. The van der Waals surface area contributed by atoms with E-state index in [2.05, 4.69) is 5.10 Å². The molecule has 2 heterocycles. The Morgan fingerprint density at radius 3 is 2.37 bits per heavy atom. The molecule has 0 spiro atoms. The van der Waals surface area contributed by atoms with Crippen LogP contribution in [0.25, 0.3) is 16.8 Å². The van der Waals surface area contributed by atoms with Crippen LogP contribution in [0.3, 0.4) is 0 Å². The number of nitrogens with zero attached hydrogens (tertiary/aromatic N) is 2. The Hall–Kier alpha value is -2.30. The average Bonchev–Trinajstić information content (AvgIpc) is 2.81. The van der Waals surface area contributed by atoms with Crippen molar-refractivity contribution >= 4 is 5.52 Å². The Balaban J connectivity index is 2.12. The molecule has 2 nitrogen and oxygen atoms in total. The Labute approximate surface area is 107 Å². The van der Waals surface area contributed by atoms with Crippen LogP contribution in [-0.2, 0) is 6.18 Å². The van der Waals surface area contributed by atoms with Gasteiger partial charge in [-0.15, -0.1) is 0 Å². The van der Waals surface area contributed by atoms with Gasteiger partial charge in [-0.3, -0.25) is 0 Å². The molecule has 3 aromatic rings. The van der Waals surface area contributed by atoms with Crippen molar-refractivity contribution in [3.05, 3.63) is 60.3 Å². The maximum absolute atomic E-state index is 12.6. The zero-order valence-corrected chi connectivity index (χ0v) is 9.72. The number of hydrogen-bond donors (Lipinski definition) is 0. The predicted molar refractivity (Wildman–Crippen MR) is 65.6 cm³/mol. The second-order valence-corrected chi connectivity index (χ2v) is 4.18. The number of halogens is 3. The van der Waals surface area contributed by atoms with Crippen molar-refractivity contribution in [1.29, 1.82) is 0 Å². The van der Waals surface area contributed by atoms with Crippen LogP contribution in [0.1, 0.15) is 5.56 Å². The fourth-order valence-electron chi connectivity index (χ4n) is 1.90. The summed E-state index contributed by atoms with van der Waals surface area (Å²) in [7, 11) is 0. The van der Waals surface area contributed by atoms with E-state index < -0.39 is 11.7 Å². The topological polar surface area (TPSA) is 17.3 Å². The lowest BCUT2D eigenvalue weighted by Crippen LogP contribution is -2.06. The van der Waals surface area contributed by atoms with Crippen molar-refractivity contribution in [3.63, 3.8) is 0 Å². The first-order valence-electron chi connectivity index (χ1n) is 5.66. The van der Waals surface area contributed by atoms with Gasteiger partial charge in [0.1, 0.15) is 0 Å². The van der Waals surface area contributed by atoms with E-state index >= 15 is 0 Å². The Morgan fingerprint density at radius 1 is 0.947 bits per heavy atom. The van der Waals surface area contributed by atoms with Crippen LogP contribution < -0.4 is 0 Å². The van der Waals surface area contributed by atoms with E-state index in [1.165, 1.54) is 10.6 Å². The lowest BCUT2D eigenvalue weighted by molar-refractivity contribution is -0.137. The Kier molecular flexibility index (Phi) is 2.55. The maximum atomic E-state index is 12.6. The average molecular weight is 262 g/mol. The summed E-state index contributed by atoms with van der Waals surface area (Å²) in [6.45, 7) is 0. The van der Waals surface area contributed by atoms with Crippen LogP contribution in [0.15, 0.2) is 54.7 Å². The minimum atomic E-state index is -4.35. The zero-order chi connectivity index (χ0) is 13.5. The molecular formula is C14H9F3N2. The van der Waals surface area contributed by atoms with E-state index in [4.69, 9.17) is 0 Å². The van der Waals surface area contributed by atoms with E-state index in [0.717, 1.165) is 17.8 Å². The van der Waals surface area contributed by atoms with Gasteiger partial charge in [0, 0.05) is 11.8 Å². The van der Waals surface area contributed by atoms with Crippen LogP contribution in [0.5, 0.6) is 0 Å². The molecule has 0 bridgehead atoms. The molecule has 19 heavy (non-hydrogen) atoms. The second-order valence-electron chi connectivity index (χ2n) is 4.18. The maximum Gasteiger partial charge on any atom is 0.417 e. The third-order valence-corrected chi connectivity index (χ3v) is 2.86. The van der Waals surface area contributed by atoms with Crippen LogP contribution in [-0.4, -0.2) is 9.61 Å². The Bertz CT molecular complexity index is 714. The molecule has 0 saturated carbocycles. The largest absolute Gasteiger partial charge is 0.417 e. The fraction of sp³-hybridized carbons (Fsp3) is 0.0714. The third-order valence-electron chi connectivity index (χ3n) is 2.86. The molecule has 0 fully saturated rings. The summed E-state index contributed by atoms with van der Waals surface area (Å²) < 4.78 is 39.1. The molecule has 0 radical (unpaired) electrons. The van der Waals surface area contributed by atoms with Gasteiger partial charge in [0.15, 0.2) is 0 Å². The van der Waals surface area contributed by atoms with Crippen LogP contribution in [0.2, 0.25) is 0 Å². The van der Waals surface area contributed by atoms with Crippen molar-refractivity contribution in [2.45, 2.75) is 6.18 Å². The number of aromatic nitrogens is 2. The van der Waals surface area contributed by atoms with Crippen molar-refractivity contribution in [2.24, 2.45) is 0 Å². The molecule has 0 aliphatic carbocycles. The molecule has 0 aliphatic heterocycles. The lowest BCUT2D eigenvalue weighted by Gasteiger charge is -2.05. The number of benzene rings is 1. The fourth-order valence-corrected chi connectivity index (χ4v) is 1.90. The van der Waals surface area contributed by atoms with E-state index in [-0.39, 0.29) is 0 Å². The van der Waals surface area contributed by atoms with Gasteiger partial charge in [0.2, 0.25) is 0 Å². The smallest absolute Gasteiger partial charge is 0.240 e. The van der Waals surface area contributed by atoms with Gasteiger partial charge >= 0.3 is 6.18 Å². The van der Waals surface area contributed by atoms with Gasteiger partial charge in [-0.05, 0) is 18.2 Å². The summed E-state index contributed by atoms with van der Waals surface area (Å²) in [5.41, 5.74) is 1.45.